The molecule has 0 aromatic heterocycles. The molecular formula is C32H32Si. The number of benzene rings is 2. The van der Waals surface area contributed by atoms with Crippen LogP contribution in [0.5, 0.6) is 0 Å². The Kier molecular flexibility index (Phi) is 4.74. The number of rotatable bonds is 4. The zero-order chi connectivity index (χ0) is 22.7. The molecule has 2 unspecified atom stereocenters. The van der Waals surface area contributed by atoms with Crippen LogP contribution in [0, 0.1) is 0 Å². The Bertz CT molecular complexity index is 1250. The molecule has 1 heteroatoms. The largest absolute Gasteiger partial charge is 0.114 e. The van der Waals surface area contributed by atoms with E-state index < -0.39 is 8.07 Å². The van der Waals surface area contributed by atoms with Crippen molar-refractivity contribution in [2.75, 3.05) is 0 Å². The molecule has 2 aromatic rings. The van der Waals surface area contributed by atoms with Crippen molar-refractivity contribution in [3.63, 3.8) is 0 Å². The van der Waals surface area contributed by atoms with Crippen molar-refractivity contribution in [3.05, 3.63) is 117 Å². The van der Waals surface area contributed by atoms with Gasteiger partial charge >= 0.3 is 0 Å². The van der Waals surface area contributed by atoms with Gasteiger partial charge in [0.15, 0.2) is 0 Å². The molecule has 0 saturated heterocycles. The molecule has 0 bridgehead atoms. The molecule has 0 amide bonds. The van der Waals surface area contributed by atoms with Crippen molar-refractivity contribution < 1.29 is 0 Å². The van der Waals surface area contributed by atoms with Crippen LogP contribution in [0.25, 0.3) is 12.2 Å². The molecule has 0 aliphatic heterocycles. The van der Waals surface area contributed by atoms with Crippen molar-refractivity contribution in [1.82, 2.24) is 0 Å². The van der Waals surface area contributed by atoms with Gasteiger partial charge < -0.3 is 0 Å². The standard InChI is InChI=1S/C32H32Si/c1-5-21-15-17-27-25-13-9-7-11-23(25)19-29(27)31(21)33(3,4)32-22(6-2)16-18-28-26-14-10-8-12-24(26)20-30(28)32/h7-20,25-26H,5-6H2,1-4H3. The number of fused-ring (bicyclic) bond motifs is 6. The van der Waals surface area contributed by atoms with Crippen molar-refractivity contribution in [2.24, 2.45) is 0 Å². The maximum Gasteiger partial charge on any atom is 0.114 e. The molecule has 164 valence electrons. The van der Waals surface area contributed by atoms with Crippen LogP contribution in [0.2, 0.25) is 13.1 Å². The average Bonchev–Trinajstić information content (AvgIpc) is 3.40. The highest BCUT2D eigenvalue weighted by atomic mass is 28.3. The van der Waals surface area contributed by atoms with Crippen LogP contribution in [0.15, 0.2) is 84.0 Å². The molecule has 4 aliphatic carbocycles. The Balaban J connectivity index is 1.62. The minimum absolute atomic E-state index is 0.423. The topological polar surface area (TPSA) is 0 Å². The number of aryl methyl sites for hydroxylation is 2. The Morgan fingerprint density at radius 2 is 1.09 bits per heavy atom. The summed E-state index contributed by atoms with van der Waals surface area (Å²) < 4.78 is 0. The zero-order valence-electron chi connectivity index (χ0n) is 20.2. The molecular weight excluding hydrogens is 412 g/mol. The lowest BCUT2D eigenvalue weighted by molar-refractivity contribution is 1.04. The minimum Gasteiger partial charge on any atom is -0.0726 e. The highest BCUT2D eigenvalue weighted by Gasteiger charge is 2.39. The van der Waals surface area contributed by atoms with Crippen LogP contribution < -0.4 is 10.4 Å². The highest BCUT2D eigenvalue weighted by Crippen LogP contribution is 2.42. The fourth-order valence-electron chi connectivity index (χ4n) is 6.69. The number of allylic oxidation sites excluding steroid dienone is 10. The first kappa shape index (κ1) is 20.7. The molecule has 0 saturated carbocycles. The molecule has 0 spiro atoms. The van der Waals surface area contributed by atoms with Gasteiger partial charge in [-0.1, -0.05) is 112 Å². The van der Waals surface area contributed by atoms with Gasteiger partial charge in [-0.15, -0.1) is 0 Å². The van der Waals surface area contributed by atoms with Gasteiger partial charge in [0.25, 0.3) is 0 Å². The molecule has 2 aromatic carbocycles. The van der Waals surface area contributed by atoms with Crippen molar-refractivity contribution in [3.8, 4) is 0 Å². The van der Waals surface area contributed by atoms with Crippen LogP contribution in [0.1, 0.15) is 59.1 Å². The van der Waals surface area contributed by atoms with E-state index in [1.165, 1.54) is 44.5 Å². The van der Waals surface area contributed by atoms with Crippen LogP contribution >= 0.6 is 0 Å². The summed E-state index contributed by atoms with van der Waals surface area (Å²) in [7, 11) is -2.01. The van der Waals surface area contributed by atoms with E-state index in [-0.39, 0.29) is 0 Å². The van der Waals surface area contributed by atoms with Crippen molar-refractivity contribution >= 4 is 30.6 Å². The summed E-state index contributed by atoms with van der Waals surface area (Å²) in [5.41, 5.74) is 12.0. The van der Waals surface area contributed by atoms with Crippen LogP contribution in [-0.2, 0) is 12.8 Å². The Labute approximate surface area is 199 Å². The summed E-state index contributed by atoms with van der Waals surface area (Å²) in [4.78, 5) is 0. The second-order valence-electron chi connectivity index (χ2n) is 10.3. The first-order valence-electron chi connectivity index (χ1n) is 12.5. The molecule has 0 nitrogen and oxygen atoms in total. The van der Waals surface area contributed by atoms with E-state index in [1.807, 2.05) is 0 Å². The molecule has 2 atom stereocenters. The summed E-state index contributed by atoms with van der Waals surface area (Å²) in [6.45, 7) is 9.86. The summed E-state index contributed by atoms with van der Waals surface area (Å²) in [5.74, 6) is 0.846. The lowest BCUT2D eigenvalue weighted by Gasteiger charge is -2.33. The SMILES string of the molecule is CCc1ccc2c(c1[Si](C)(C)c1c(CC)ccc3c1C=C1C=CC=CC13)C=C1C=CC=CC12. The van der Waals surface area contributed by atoms with Gasteiger partial charge in [-0.25, -0.2) is 0 Å². The third-order valence-corrected chi connectivity index (χ3v) is 11.8. The second kappa shape index (κ2) is 7.57. The highest BCUT2D eigenvalue weighted by molar-refractivity contribution is 7.01. The van der Waals surface area contributed by atoms with Gasteiger partial charge in [-0.3, -0.25) is 0 Å². The van der Waals surface area contributed by atoms with Crippen molar-refractivity contribution in [2.45, 2.75) is 51.6 Å². The van der Waals surface area contributed by atoms with E-state index in [9.17, 15) is 0 Å². The van der Waals surface area contributed by atoms with Gasteiger partial charge in [0.05, 0.1) is 0 Å². The summed E-state index contributed by atoms with van der Waals surface area (Å²) in [6.07, 6.45) is 25.3. The van der Waals surface area contributed by atoms with Gasteiger partial charge in [0.1, 0.15) is 8.07 Å². The predicted octanol–water partition coefficient (Wildman–Crippen LogP) is 6.85. The number of hydrogen-bond acceptors (Lipinski definition) is 0. The van der Waals surface area contributed by atoms with Gasteiger partial charge in [-0.2, -0.15) is 0 Å². The quantitative estimate of drug-likeness (QED) is 0.453. The van der Waals surface area contributed by atoms with Crippen LogP contribution in [0.3, 0.4) is 0 Å². The van der Waals surface area contributed by atoms with E-state index in [1.54, 1.807) is 10.4 Å². The third-order valence-electron chi connectivity index (χ3n) is 8.16. The maximum absolute atomic E-state index is 2.61. The van der Waals surface area contributed by atoms with E-state index in [0.29, 0.717) is 11.8 Å². The van der Waals surface area contributed by atoms with Crippen LogP contribution in [0.4, 0.5) is 0 Å². The Hall–Kier alpha value is -2.90. The van der Waals surface area contributed by atoms with E-state index in [2.05, 4.69) is 112 Å². The zero-order valence-corrected chi connectivity index (χ0v) is 21.2. The Morgan fingerprint density at radius 1 is 0.636 bits per heavy atom. The second-order valence-corrected chi connectivity index (χ2v) is 14.5. The predicted molar refractivity (Wildman–Crippen MR) is 146 cm³/mol. The molecule has 0 radical (unpaired) electrons. The molecule has 6 rings (SSSR count). The summed E-state index contributed by atoms with van der Waals surface area (Å²) in [5, 5.41) is 3.32. The first-order valence-corrected chi connectivity index (χ1v) is 15.5. The smallest absolute Gasteiger partial charge is 0.0726 e. The normalized spacial score (nSPS) is 21.5. The van der Waals surface area contributed by atoms with E-state index in [0.717, 1.165) is 12.8 Å². The Morgan fingerprint density at radius 3 is 1.52 bits per heavy atom. The van der Waals surface area contributed by atoms with E-state index in [4.69, 9.17) is 0 Å². The van der Waals surface area contributed by atoms with E-state index >= 15 is 0 Å². The summed E-state index contributed by atoms with van der Waals surface area (Å²) in [6, 6.07) is 9.68. The molecule has 0 N–H and O–H groups in total. The third kappa shape index (κ3) is 2.95. The monoisotopic (exact) mass is 444 g/mol. The lowest BCUT2D eigenvalue weighted by atomic mass is 9.91. The first-order chi connectivity index (χ1) is 16.0. The number of hydrogen-bond donors (Lipinski definition) is 0. The van der Waals surface area contributed by atoms with Crippen molar-refractivity contribution in [1.29, 1.82) is 0 Å². The van der Waals surface area contributed by atoms with Crippen LogP contribution in [-0.4, -0.2) is 8.07 Å². The molecule has 33 heavy (non-hydrogen) atoms. The van der Waals surface area contributed by atoms with Gasteiger partial charge in [0, 0.05) is 11.8 Å². The summed E-state index contributed by atoms with van der Waals surface area (Å²) >= 11 is 0. The maximum atomic E-state index is 2.61. The molecule has 0 fully saturated rings. The van der Waals surface area contributed by atoms with Gasteiger partial charge in [0.2, 0.25) is 0 Å². The van der Waals surface area contributed by atoms with Gasteiger partial charge in [-0.05, 0) is 67.7 Å². The fraction of sp³-hybridized carbons (Fsp3) is 0.250. The molecule has 4 aliphatic rings. The average molecular weight is 445 g/mol. The molecule has 0 heterocycles. The minimum atomic E-state index is -2.01. The fourth-order valence-corrected chi connectivity index (χ4v) is 10.8. The lowest BCUT2D eigenvalue weighted by Crippen LogP contribution is -2.57.